The van der Waals surface area contributed by atoms with Gasteiger partial charge in [-0.25, -0.2) is 0 Å². The number of para-hydroxylation sites is 8. The zero-order valence-electron chi connectivity index (χ0n) is 49.2. The number of halogens is 3. The van der Waals surface area contributed by atoms with E-state index in [2.05, 4.69) is 267 Å². The smallest absolute Gasteiger partial charge is 0.308 e. The van der Waals surface area contributed by atoms with E-state index in [0.29, 0.717) is 22.4 Å². The highest BCUT2D eigenvalue weighted by molar-refractivity contribution is 6.27. The van der Waals surface area contributed by atoms with Crippen LogP contribution in [0.4, 0.5) is 13.2 Å². The summed E-state index contributed by atoms with van der Waals surface area (Å²) in [6.07, 6.45) is -2.80. The molecule has 0 spiro atoms. The second-order valence-electron chi connectivity index (χ2n) is 24.0. The summed E-state index contributed by atoms with van der Waals surface area (Å²) in [6.45, 7) is 6.02. The van der Waals surface area contributed by atoms with Crippen LogP contribution in [0.2, 0.25) is 0 Å². The van der Waals surface area contributed by atoms with E-state index in [-0.39, 0.29) is 0 Å². The van der Waals surface area contributed by atoms with Gasteiger partial charge in [-0.15, -0.1) is 0 Å². The van der Waals surface area contributed by atoms with Crippen molar-refractivity contribution in [3.05, 3.63) is 289 Å². The lowest BCUT2D eigenvalue weighted by Crippen LogP contribution is -2.17. The van der Waals surface area contributed by atoms with Gasteiger partial charge in [-0.05, 0) is 122 Å². The Bertz CT molecular complexity index is 5890. The molecule has 0 aliphatic rings. The summed E-state index contributed by atoms with van der Waals surface area (Å²) >= 11 is 0. The molecule has 0 atom stereocenters. The van der Waals surface area contributed by atoms with Gasteiger partial charge in [0.1, 0.15) is 0 Å². The Morgan fingerprint density at radius 2 is 0.667 bits per heavy atom. The molecular formula is C81H53F3N6. The van der Waals surface area contributed by atoms with Crippen molar-refractivity contribution in [3.63, 3.8) is 0 Å². The van der Waals surface area contributed by atoms with Crippen molar-refractivity contribution in [1.82, 2.24) is 27.8 Å². The molecule has 90 heavy (non-hydrogen) atoms. The van der Waals surface area contributed by atoms with Gasteiger partial charge in [0.25, 0.3) is 0 Å². The number of hydrogen-bond acceptors (Lipinski definition) is 1. The Kier molecular flexibility index (Phi) is 11.1. The van der Waals surface area contributed by atoms with Crippen LogP contribution in [0.3, 0.4) is 0 Å². The zero-order chi connectivity index (χ0) is 60.3. The largest absolute Gasteiger partial charge is 0.416 e. The fourth-order valence-electron chi connectivity index (χ4n) is 15.3. The number of pyridine rings is 1. The number of hydrogen-bond donors (Lipinski definition) is 0. The molecule has 6 heterocycles. The van der Waals surface area contributed by atoms with Crippen molar-refractivity contribution in [1.29, 1.82) is 0 Å². The van der Waals surface area contributed by atoms with Gasteiger partial charge in [-0.1, -0.05) is 187 Å². The van der Waals surface area contributed by atoms with Gasteiger partial charge < -0.3 is 22.8 Å². The normalized spacial score (nSPS) is 12.3. The van der Waals surface area contributed by atoms with E-state index >= 15 is 13.2 Å². The molecule has 18 aromatic rings. The van der Waals surface area contributed by atoms with Crippen LogP contribution in [0.1, 0.15) is 22.3 Å². The van der Waals surface area contributed by atoms with E-state index in [1.54, 1.807) is 6.92 Å². The molecule has 0 unspecified atom stereocenters. The average molecular weight is 1170 g/mol. The quantitative estimate of drug-likeness (QED) is 0.157. The third kappa shape index (κ3) is 7.37. The third-order valence-corrected chi connectivity index (χ3v) is 18.6. The summed E-state index contributed by atoms with van der Waals surface area (Å²) in [5, 5.41) is 9.13. The Morgan fingerprint density at radius 3 is 1.12 bits per heavy atom. The predicted octanol–water partition coefficient (Wildman–Crippen LogP) is 21.8. The number of aryl methyl sites for hydroxylation is 3. The van der Waals surface area contributed by atoms with Crippen molar-refractivity contribution < 1.29 is 13.2 Å². The molecule has 0 bridgehead atoms. The lowest BCUT2D eigenvalue weighted by molar-refractivity contribution is -0.137. The van der Waals surface area contributed by atoms with E-state index in [9.17, 15) is 0 Å². The summed E-state index contributed by atoms with van der Waals surface area (Å²) in [7, 11) is 0. The summed E-state index contributed by atoms with van der Waals surface area (Å²) in [5.41, 5.74) is 18.6. The molecule has 18 rings (SSSR count). The van der Waals surface area contributed by atoms with Crippen LogP contribution >= 0.6 is 0 Å². The topological polar surface area (TPSA) is 37.5 Å². The van der Waals surface area contributed by atoms with E-state index in [0.717, 1.165) is 154 Å². The minimum Gasteiger partial charge on any atom is -0.308 e. The molecule has 0 saturated heterocycles. The lowest BCUT2D eigenvalue weighted by atomic mass is 9.86. The molecule has 12 aromatic carbocycles. The molecule has 9 heteroatoms. The van der Waals surface area contributed by atoms with Crippen molar-refractivity contribution >= 4 is 109 Å². The van der Waals surface area contributed by atoms with Gasteiger partial charge in [0.15, 0.2) is 0 Å². The molecule has 6 nitrogen and oxygen atoms in total. The lowest BCUT2D eigenvalue weighted by Gasteiger charge is -2.32. The highest BCUT2D eigenvalue weighted by Crippen LogP contribution is 2.56. The maximum Gasteiger partial charge on any atom is 0.416 e. The highest BCUT2D eigenvalue weighted by atomic mass is 19.4. The standard InChI is InChI=1S/C81H53F3N6/c1-48-42-49(2)44-51(43-48)72-73(52-45-50(3)46-53(47-52)81(82,83)84)77(87-63-31-14-7-24-55(63)56-25-8-15-32-64(56)87)79(89-67-35-18-11-28-59(67)60-29-12-19-36-68(60)89)80(78(72)88-65-33-16-9-26-57(65)58-27-10-17-34-66(58)88)90-69-37-20-13-30-61(69)62-39-40-70-74(76(62)90)75-71(38-21-41-85-75)86(70)54-22-5-4-6-23-54/h4-47H,1-3H3. The first-order chi connectivity index (χ1) is 44.1. The molecule has 428 valence electrons. The fraction of sp³-hybridized carbons (Fsp3) is 0.0494. The van der Waals surface area contributed by atoms with Crippen LogP contribution in [-0.2, 0) is 6.18 Å². The van der Waals surface area contributed by atoms with Gasteiger partial charge in [0.05, 0.1) is 94.4 Å². The van der Waals surface area contributed by atoms with Crippen LogP contribution in [0.15, 0.2) is 267 Å². The number of aromatic nitrogens is 6. The van der Waals surface area contributed by atoms with Gasteiger partial charge >= 0.3 is 6.18 Å². The summed E-state index contributed by atoms with van der Waals surface area (Å²) in [5.74, 6) is 0. The molecule has 0 radical (unpaired) electrons. The molecule has 0 aliphatic carbocycles. The van der Waals surface area contributed by atoms with Gasteiger partial charge in [-0.2, -0.15) is 13.2 Å². The number of alkyl halides is 3. The van der Waals surface area contributed by atoms with Crippen molar-refractivity contribution in [2.75, 3.05) is 0 Å². The predicted molar refractivity (Wildman–Crippen MR) is 366 cm³/mol. The second kappa shape index (κ2) is 19.3. The van der Waals surface area contributed by atoms with Crippen molar-refractivity contribution in [3.8, 4) is 50.7 Å². The van der Waals surface area contributed by atoms with Crippen LogP contribution < -0.4 is 0 Å². The first-order valence-corrected chi connectivity index (χ1v) is 30.4. The zero-order valence-corrected chi connectivity index (χ0v) is 49.2. The van der Waals surface area contributed by atoms with Crippen LogP contribution in [0.5, 0.6) is 0 Å². The van der Waals surface area contributed by atoms with Crippen LogP contribution in [-0.4, -0.2) is 27.8 Å². The molecule has 0 amide bonds. The molecule has 0 fully saturated rings. The van der Waals surface area contributed by atoms with E-state index in [1.807, 2.05) is 24.4 Å². The van der Waals surface area contributed by atoms with Crippen LogP contribution in [0, 0.1) is 20.8 Å². The van der Waals surface area contributed by atoms with E-state index < -0.39 is 11.7 Å². The number of rotatable bonds is 7. The molecule has 0 saturated carbocycles. The Morgan fingerprint density at radius 1 is 0.300 bits per heavy atom. The second-order valence-corrected chi connectivity index (χ2v) is 24.0. The van der Waals surface area contributed by atoms with E-state index in [4.69, 9.17) is 4.98 Å². The fourth-order valence-corrected chi connectivity index (χ4v) is 15.3. The van der Waals surface area contributed by atoms with Crippen molar-refractivity contribution in [2.45, 2.75) is 26.9 Å². The highest BCUT2D eigenvalue weighted by Gasteiger charge is 2.38. The summed E-state index contributed by atoms with van der Waals surface area (Å²) in [6, 6.07) is 90.4. The van der Waals surface area contributed by atoms with Gasteiger partial charge in [0, 0.05) is 66.1 Å². The molecular weight excluding hydrogens is 1110 g/mol. The number of fused-ring (bicyclic) bond motifs is 16. The Balaban J connectivity index is 1.25. The number of nitrogens with zero attached hydrogens (tertiary/aromatic N) is 6. The number of benzene rings is 12. The van der Waals surface area contributed by atoms with Crippen molar-refractivity contribution in [2.24, 2.45) is 0 Å². The summed E-state index contributed by atoms with van der Waals surface area (Å²) < 4.78 is 60.5. The first kappa shape index (κ1) is 51.8. The first-order valence-electron chi connectivity index (χ1n) is 30.4. The van der Waals surface area contributed by atoms with Gasteiger partial charge in [0.2, 0.25) is 0 Å². The monoisotopic (exact) mass is 1170 g/mol. The average Bonchev–Trinajstić information content (AvgIpc) is 1.43. The third-order valence-electron chi connectivity index (χ3n) is 18.6. The maximum atomic E-state index is 16.2. The minimum atomic E-state index is -4.69. The Labute approximate surface area is 514 Å². The minimum absolute atomic E-state index is 0.420. The maximum absolute atomic E-state index is 16.2. The van der Waals surface area contributed by atoms with Crippen LogP contribution in [0.25, 0.3) is 160 Å². The van der Waals surface area contributed by atoms with Gasteiger partial charge in [-0.3, -0.25) is 4.98 Å². The molecule has 0 aliphatic heterocycles. The molecule has 6 aromatic heterocycles. The SMILES string of the molecule is Cc1cc(C)cc(-c2c(-c3cc(C)cc(C(F)(F)F)c3)c(-n3c4ccccc4c4ccccc43)c(-n3c4ccccc4c4ccccc43)c(-n3c4ccccc4c4ccc5c(c6ncccc6n5-c5ccccc5)c43)c2-n2c3ccccc3c3ccccc32)c1. The molecule has 0 N–H and O–H groups in total. The van der Waals surface area contributed by atoms with E-state index in [1.165, 1.54) is 12.1 Å². The summed E-state index contributed by atoms with van der Waals surface area (Å²) in [4.78, 5) is 5.38. The Hall–Kier alpha value is -11.4.